The van der Waals surface area contributed by atoms with E-state index in [1.807, 2.05) is 30.1 Å². The monoisotopic (exact) mass is 381 g/mol. The van der Waals surface area contributed by atoms with E-state index in [0.717, 1.165) is 5.69 Å². The molecule has 0 amide bonds. The highest BCUT2D eigenvalue weighted by atomic mass is 16.3. The van der Waals surface area contributed by atoms with E-state index in [2.05, 4.69) is 38.5 Å². The van der Waals surface area contributed by atoms with E-state index in [9.17, 15) is 10.2 Å². The molecule has 2 fully saturated rings. The molecule has 2 aliphatic carbocycles. The lowest BCUT2D eigenvalue weighted by Crippen LogP contribution is -2.39. The number of para-hydroxylation sites is 1. The molecule has 28 heavy (non-hydrogen) atoms. The minimum absolute atomic E-state index is 0.0335. The fraction of sp³-hybridized carbons (Fsp3) is 0.524. The molecule has 1 aromatic carbocycles. The second-order valence-corrected chi connectivity index (χ2v) is 8.39. The van der Waals surface area contributed by atoms with Gasteiger partial charge in [0.25, 0.3) is 0 Å². The van der Waals surface area contributed by atoms with Crippen LogP contribution in [0, 0.1) is 5.92 Å². The maximum atomic E-state index is 10.5. The van der Waals surface area contributed by atoms with E-state index in [-0.39, 0.29) is 12.0 Å². The molecule has 4 atom stereocenters. The summed E-state index contributed by atoms with van der Waals surface area (Å²) in [5.41, 5.74) is 3.45. The summed E-state index contributed by atoms with van der Waals surface area (Å²) in [5, 5.41) is 34.2. The number of hydrogen-bond donors (Lipinski definition) is 3. The van der Waals surface area contributed by atoms with E-state index in [1.54, 1.807) is 0 Å². The lowest BCUT2D eigenvalue weighted by atomic mass is 10.1. The van der Waals surface area contributed by atoms with Gasteiger partial charge >= 0.3 is 0 Å². The Balaban J connectivity index is 1.24. The van der Waals surface area contributed by atoms with Crippen LogP contribution in [0.3, 0.4) is 0 Å². The summed E-state index contributed by atoms with van der Waals surface area (Å²) in [6.07, 6.45) is 5.71. The van der Waals surface area contributed by atoms with Gasteiger partial charge in [0.1, 0.15) is 0 Å². The number of fused-ring (bicyclic) bond motifs is 1. The summed E-state index contributed by atoms with van der Waals surface area (Å²) < 4.78 is 3.94. The lowest BCUT2D eigenvalue weighted by molar-refractivity contribution is 0.00723. The van der Waals surface area contributed by atoms with Gasteiger partial charge in [-0.15, -0.1) is 5.10 Å². The average molecular weight is 381 g/mol. The predicted molar refractivity (Wildman–Crippen MR) is 106 cm³/mol. The standard InChI is InChI=1S/C21H27N5O2/c1-25-10-15(16-4-2-3-5-19(16)25)9-22-17-8-14(20(27)21(17)28)11-26-12-18(23-24-26)13-6-7-13/h2-5,10,12-14,17,20-22,27-28H,6-9,11H2,1H3. The molecule has 2 aliphatic rings. The number of nitrogens with zero attached hydrogens (tertiary/aromatic N) is 4. The molecule has 0 aliphatic heterocycles. The van der Waals surface area contributed by atoms with Gasteiger partial charge in [-0.2, -0.15) is 0 Å². The zero-order valence-electron chi connectivity index (χ0n) is 16.1. The Morgan fingerprint density at radius 1 is 1.14 bits per heavy atom. The summed E-state index contributed by atoms with van der Waals surface area (Å²) in [6.45, 7) is 1.25. The highest BCUT2D eigenvalue weighted by molar-refractivity contribution is 5.83. The third-order valence-corrected chi connectivity index (χ3v) is 6.31. The van der Waals surface area contributed by atoms with Crippen LogP contribution in [0.1, 0.15) is 36.4 Å². The largest absolute Gasteiger partial charge is 0.390 e. The molecule has 0 spiro atoms. The Hall–Kier alpha value is -2.22. The third-order valence-electron chi connectivity index (χ3n) is 6.31. The Kier molecular flexibility index (Phi) is 4.45. The van der Waals surface area contributed by atoms with Crippen LogP contribution in [0.15, 0.2) is 36.7 Å². The fourth-order valence-corrected chi connectivity index (χ4v) is 4.53. The molecular weight excluding hydrogens is 354 g/mol. The topological polar surface area (TPSA) is 88.1 Å². The molecule has 5 rings (SSSR count). The number of benzene rings is 1. The van der Waals surface area contributed by atoms with Crippen LogP contribution < -0.4 is 5.32 Å². The molecule has 0 saturated heterocycles. The summed E-state index contributed by atoms with van der Waals surface area (Å²) >= 11 is 0. The maximum Gasteiger partial charge on any atom is 0.0955 e. The zero-order valence-corrected chi connectivity index (χ0v) is 16.1. The molecule has 148 valence electrons. The molecule has 2 heterocycles. The normalized spacial score (nSPS) is 27.7. The highest BCUT2D eigenvalue weighted by Crippen LogP contribution is 2.38. The van der Waals surface area contributed by atoms with Gasteiger partial charge in [-0.05, 0) is 30.9 Å². The number of aliphatic hydroxyl groups is 2. The summed E-state index contributed by atoms with van der Waals surface area (Å²) in [7, 11) is 2.05. The minimum atomic E-state index is -0.772. The molecule has 7 heteroatoms. The van der Waals surface area contributed by atoms with Crippen molar-refractivity contribution in [2.75, 3.05) is 0 Å². The number of rotatable bonds is 6. The SMILES string of the molecule is Cn1cc(CNC2CC(Cn3cc(C4CC4)nn3)C(O)C2O)c2ccccc21. The molecule has 3 aromatic rings. The van der Waals surface area contributed by atoms with E-state index in [0.29, 0.717) is 25.4 Å². The molecule has 2 saturated carbocycles. The van der Waals surface area contributed by atoms with Gasteiger partial charge in [0, 0.05) is 61.3 Å². The third kappa shape index (κ3) is 3.23. The maximum absolute atomic E-state index is 10.5. The van der Waals surface area contributed by atoms with Crippen molar-refractivity contribution < 1.29 is 10.2 Å². The Bertz CT molecular complexity index is 976. The van der Waals surface area contributed by atoms with Crippen LogP contribution in [0.25, 0.3) is 10.9 Å². The van der Waals surface area contributed by atoms with E-state index < -0.39 is 12.2 Å². The van der Waals surface area contributed by atoms with Crippen molar-refractivity contribution in [2.45, 2.75) is 56.5 Å². The molecule has 0 radical (unpaired) electrons. The molecular formula is C21H27N5O2. The van der Waals surface area contributed by atoms with Crippen LogP contribution >= 0.6 is 0 Å². The molecule has 3 N–H and O–H groups in total. The van der Waals surface area contributed by atoms with Gasteiger partial charge in [0.15, 0.2) is 0 Å². The number of nitrogens with one attached hydrogen (secondary N) is 1. The predicted octanol–water partition coefficient (Wildman–Crippen LogP) is 1.55. The first-order valence-electron chi connectivity index (χ1n) is 10.1. The number of hydrogen-bond acceptors (Lipinski definition) is 5. The fourth-order valence-electron chi connectivity index (χ4n) is 4.53. The second-order valence-electron chi connectivity index (χ2n) is 8.39. The van der Waals surface area contributed by atoms with Crippen molar-refractivity contribution in [2.24, 2.45) is 13.0 Å². The van der Waals surface area contributed by atoms with Gasteiger partial charge in [-0.3, -0.25) is 4.68 Å². The van der Waals surface area contributed by atoms with Gasteiger partial charge in [-0.25, -0.2) is 0 Å². The van der Waals surface area contributed by atoms with Crippen molar-refractivity contribution in [1.82, 2.24) is 24.9 Å². The Morgan fingerprint density at radius 2 is 1.96 bits per heavy atom. The minimum Gasteiger partial charge on any atom is -0.390 e. The first-order valence-corrected chi connectivity index (χ1v) is 10.1. The van der Waals surface area contributed by atoms with Gasteiger partial charge in [0.2, 0.25) is 0 Å². The van der Waals surface area contributed by atoms with Crippen molar-refractivity contribution >= 4 is 10.9 Å². The first-order chi connectivity index (χ1) is 13.6. The number of aromatic nitrogens is 4. The number of aryl methyl sites for hydroxylation is 1. The molecule has 4 unspecified atom stereocenters. The van der Waals surface area contributed by atoms with Crippen molar-refractivity contribution in [1.29, 1.82) is 0 Å². The molecule has 2 aromatic heterocycles. The Morgan fingerprint density at radius 3 is 2.79 bits per heavy atom. The van der Waals surface area contributed by atoms with Crippen molar-refractivity contribution in [3.8, 4) is 0 Å². The van der Waals surface area contributed by atoms with E-state index in [1.165, 1.54) is 29.3 Å². The van der Waals surface area contributed by atoms with Crippen molar-refractivity contribution in [3.05, 3.63) is 47.9 Å². The average Bonchev–Trinajstić information content (AvgIpc) is 3.29. The second kappa shape index (κ2) is 6.99. The van der Waals surface area contributed by atoms with Crippen LogP contribution in [0.2, 0.25) is 0 Å². The van der Waals surface area contributed by atoms with Crippen LogP contribution in [0.5, 0.6) is 0 Å². The molecule has 7 nitrogen and oxygen atoms in total. The quantitative estimate of drug-likeness (QED) is 0.603. The Labute approximate surface area is 164 Å². The smallest absolute Gasteiger partial charge is 0.0955 e. The summed E-state index contributed by atoms with van der Waals surface area (Å²) in [4.78, 5) is 0. The lowest BCUT2D eigenvalue weighted by Gasteiger charge is -2.18. The summed E-state index contributed by atoms with van der Waals surface area (Å²) in [5.74, 6) is 0.539. The van der Waals surface area contributed by atoms with Gasteiger partial charge in [-0.1, -0.05) is 23.4 Å². The zero-order chi connectivity index (χ0) is 19.3. The number of aliphatic hydroxyl groups excluding tert-OH is 2. The van der Waals surface area contributed by atoms with Gasteiger partial charge in [0.05, 0.1) is 17.9 Å². The van der Waals surface area contributed by atoms with E-state index in [4.69, 9.17) is 0 Å². The van der Waals surface area contributed by atoms with Crippen molar-refractivity contribution in [3.63, 3.8) is 0 Å². The highest BCUT2D eigenvalue weighted by Gasteiger charge is 2.41. The molecule has 0 bridgehead atoms. The van der Waals surface area contributed by atoms with E-state index >= 15 is 0 Å². The van der Waals surface area contributed by atoms with Crippen LogP contribution in [-0.2, 0) is 20.1 Å². The van der Waals surface area contributed by atoms with Crippen LogP contribution in [-0.4, -0.2) is 48.0 Å². The summed E-state index contributed by atoms with van der Waals surface area (Å²) in [6, 6.07) is 8.18. The first kappa shape index (κ1) is 17.8. The van der Waals surface area contributed by atoms with Gasteiger partial charge < -0.3 is 20.1 Å². The van der Waals surface area contributed by atoms with Crippen LogP contribution in [0.4, 0.5) is 0 Å².